The molecule has 5 nitrogen and oxygen atoms in total. The molecule has 0 aliphatic carbocycles. The van der Waals surface area contributed by atoms with E-state index in [1.807, 2.05) is 51.1 Å². The Hall–Kier alpha value is -2.60. The maximum atomic E-state index is 12.7. The van der Waals surface area contributed by atoms with E-state index in [0.717, 1.165) is 11.1 Å². The molecule has 0 aromatic heterocycles. The summed E-state index contributed by atoms with van der Waals surface area (Å²) in [6.07, 6.45) is 0.332. The van der Waals surface area contributed by atoms with Gasteiger partial charge in [-0.15, -0.1) is 0 Å². The van der Waals surface area contributed by atoms with E-state index in [0.29, 0.717) is 35.0 Å². The van der Waals surface area contributed by atoms with E-state index in [2.05, 4.69) is 32.7 Å². The molecule has 1 amide bonds. The Kier molecular flexibility index (Phi) is 8.29. The molecule has 32 heavy (non-hydrogen) atoms. The quantitative estimate of drug-likeness (QED) is 0.434. The van der Waals surface area contributed by atoms with Gasteiger partial charge in [-0.25, -0.2) is 0 Å². The predicted molar refractivity (Wildman–Crippen MR) is 133 cm³/mol. The Morgan fingerprint density at radius 2 is 1.69 bits per heavy atom. The highest BCUT2D eigenvalue weighted by molar-refractivity contribution is 7.99. The van der Waals surface area contributed by atoms with Crippen LogP contribution < -0.4 is 14.8 Å². The summed E-state index contributed by atoms with van der Waals surface area (Å²) >= 11 is 1.78. The Morgan fingerprint density at radius 1 is 1.03 bits per heavy atom. The van der Waals surface area contributed by atoms with Crippen LogP contribution in [0.2, 0.25) is 0 Å². The van der Waals surface area contributed by atoms with Crippen molar-refractivity contribution in [3.8, 4) is 17.2 Å². The average molecular weight is 458 g/mol. The first-order valence-corrected chi connectivity index (χ1v) is 11.6. The minimum Gasteiger partial charge on any atom is -0.513 e. The second kappa shape index (κ2) is 10.3. The highest BCUT2D eigenvalue weighted by Gasteiger charge is 2.19. The molecule has 0 saturated heterocycles. The fourth-order valence-electron chi connectivity index (χ4n) is 2.90. The largest absolute Gasteiger partial charge is 0.513 e. The Balaban J connectivity index is 2.43. The zero-order chi connectivity index (χ0) is 24.1. The summed E-state index contributed by atoms with van der Waals surface area (Å²) in [5, 5.41) is 12.6. The molecule has 0 bridgehead atoms. The number of aliphatic hydroxyl groups is 1. The van der Waals surface area contributed by atoms with Crippen molar-refractivity contribution in [1.82, 2.24) is 5.32 Å². The number of nitrogens with one attached hydrogen (secondary N) is 1. The molecule has 2 aromatic carbocycles. The van der Waals surface area contributed by atoms with Gasteiger partial charge in [-0.3, -0.25) is 4.79 Å². The molecule has 0 aliphatic rings. The zero-order valence-corrected chi connectivity index (χ0v) is 21.0. The summed E-state index contributed by atoms with van der Waals surface area (Å²) < 4.78 is 11.8. The summed E-state index contributed by atoms with van der Waals surface area (Å²) in [4.78, 5) is 12.7. The highest BCUT2D eigenvalue weighted by atomic mass is 32.2. The number of thioether (sulfide) groups is 1. The van der Waals surface area contributed by atoms with E-state index in [-0.39, 0.29) is 22.0 Å². The maximum absolute atomic E-state index is 12.7. The molecule has 0 aliphatic heterocycles. The van der Waals surface area contributed by atoms with Crippen molar-refractivity contribution in [2.45, 2.75) is 64.0 Å². The molecule has 0 saturated carbocycles. The van der Waals surface area contributed by atoms with Crippen LogP contribution in [0.5, 0.6) is 17.2 Å². The van der Waals surface area contributed by atoms with Gasteiger partial charge in [-0.05, 0) is 56.7 Å². The van der Waals surface area contributed by atoms with Crippen LogP contribution in [0.3, 0.4) is 0 Å². The van der Waals surface area contributed by atoms with Crippen molar-refractivity contribution in [2.75, 3.05) is 7.11 Å². The van der Waals surface area contributed by atoms with Crippen molar-refractivity contribution in [3.05, 3.63) is 65.4 Å². The molecule has 174 valence electrons. The molecule has 0 heterocycles. The highest BCUT2D eigenvalue weighted by Crippen LogP contribution is 2.37. The van der Waals surface area contributed by atoms with E-state index in [1.165, 1.54) is 0 Å². The second-order valence-electron chi connectivity index (χ2n) is 9.76. The van der Waals surface area contributed by atoms with Crippen LogP contribution in [0.1, 0.15) is 63.0 Å². The van der Waals surface area contributed by atoms with Gasteiger partial charge in [0.25, 0.3) is 5.91 Å². The van der Waals surface area contributed by atoms with Gasteiger partial charge >= 0.3 is 0 Å². The number of carbonyl (C=O) groups excluding carboxylic acids is 1. The van der Waals surface area contributed by atoms with E-state index in [1.54, 1.807) is 24.9 Å². The van der Waals surface area contributed by atoms with Crippen molar-refractivity contribution in [3.63, 3.8) is 0 Å². The predicted octanol–water partition coefficient (Wildman–Crippen LogP) is 6.66. The third kappa shape index (κ3) is 8.15. The lowest BCUT2D eigenvalue weighted by Crippen LogP contribution is -2.40. The van der Waals surface area contributed by atoms with Gasteiger partial charge in [0.1, 0.15) is 5.75 Å². The van der Waals surface area contributed by atoms with Gasteiger partial charge in [0.05, 0.1) is 12.9 Å². The third-order valence-corrected chi connectivity index (χ3v) is 5.65. The lowest BCUT2D eigenvalue weighted by atomic mass is 10.1. The summed E-state index contributed by atoms with van der Waals surface area (Å²) in [6.45, 7) is 15.9. The fraction of sp³-hybridized carbons (Fsp3) is 0.423. The van der Waals surface area contributed by atoms with Crippen LogP contribution >= 0.6 is 11.8 Å². The van der Waals surface area contributed by atoms with Gasteiger partial charge in [-0.1, -0.05) is 33.4 Å². The lowest BCUT2D eigenvalue weighted by molar-refractivity contribution is 0.0919. The first kappa shape index (κ1) is 25.7. The smallest absolute Gasteiger partial charge is 0.251 e. The van der Waals surface area contributed by atoms with Crippen LogP contribution in [0.4, 0.5) is 0 Å². The zero-order valence-electron chi connectivity index (χ0n) is 20.2. The van der Waals surface area contributed by atoms with Gasteiger partial charge in [0.15, 0.2) is 11.5 Å². The van der Waals surface area contributed by atoms with Crippen molar-refractivity contribution in [1.29, 1.82) is 0 Å². The number of methoxy groups -OCH3 is 1. The molecular weight excluding hydrogens is 422 g/mol. The first-order valence-electron chi connectivity index (χ1n) is 10.6. The van der Waals surface area contributed by atoms with Gasteiger partial charge in [0.2, 0.25) is 0 Å². The molecular formula is C26H35NO4S. The minimum absolute atomic E-state index is 0.0556. The van der Waals surface area contributed by atoms with Crippen molar-refractivity contribution < 1.29 is 19.4 Å². The van der Waals surface area contributed by atoms with E-state index < -0.39 is 0 Å². The van der Waals surface area contributed by atoms with Crippen LogP contribution in [0.25, 0.3) is 0 Å². The van der Waals surface area contributed by atoms with E-state index >= 15 is 0 Å². The molecule has 6 heteroatoms. The minimum atomic E-state index is -0.322. The van der Waals surface area contributed by atoms with Crippen molar-refractivity contribution in [2.24, 2.45) is 0 Å². The van der Waals surface area contributed by atoms with Crippen LogP contribution in [0, 0.1) is 0 Å². The summed E-state index contributed by atoms with van der Waals surface area (Å²) in [5.74, 6) is 2.43. The van der Waals surface area contributed by atoms with Gasteiger partial charge in [0, 0.05) is 33.6 Å². The molecule has 0 spiro atoms. The number of amides is 1. The Morgan fingerprint density at radius 3 is 2.25 bits per heavy atom. The van der Waals surface area contributed by atoms with E-state index in [4.69, 9.17) is 9.47 Å². The maximum Gasteiger partial charge on any atom is 0.251 e. The molecule has 0 fully saturated rings. The van der Waals surface area contributed by atoms with Crippen LogP contribution in [0.15, 0.2) is 48.7 Å². The molecule has 2 aromatic rings. The van der Waals surface area contributed by atoms with Gasteiger partial charge < -0.3 is 19.9 Å². The van der Waals surface area contributed by atoms with Crippen LogP contribution in [-0.2, 0) is 12.2 Å². The first-order chi connectivity index (χ1) is 14.8. The van der Waals surface area contributed by atoms with E-state index in [9.17, 15) is 9.90 Å². The van der Waals surface area contributed by atoms with Crippen LogP contribution in [-0.4, -0.2) is 28.4 Å². The molecule has 0 atom stereocenters. The summed E-state index contributed by atoms with van der Waals surface area (Å²) in [7, 11) is 1.59. The summed E-state index contributed by atoms with van der Waals surface area (Å²) in [6, 6.07) is 11.0. The number of carbonyl (C=O) groups is 1. The monoisotopic (exact) mass is 457 g/mol. The molecule has 0 radical (unpaired) electrons. The summed E-state index contributed by atoms with van der Waals surface area (Å²) in [5.41, 5.74) is 2.05. The standard InChI is InChI=1S/C26H35NO4S/c1-17(28)13-18-9-11-22(30-8)23(14-18)31-21-12-10-19(24(29)27-25(2,3)4)15-20(21)16-32-26(5,6)7/h9-12,14-15,28H,1,13,16H2,2-8H3,(H,27,29). The number of allylic oxidation sites excluding steroid dienone is 1. The third-order valence-electron chi connectivity index (χ3n) is 4.33. The Bertz CT molecular complexity index is 971. The average Bonchev–Trinajstić information content (AvgIpc) is 2.65. The number of aliphatic hydroxyl groups excluding tert-OH is 1. The SMILES string of the molecule is C=C(O)Cc1ccc(OC)c(Oc2ccc(C(=O)NC(C)(C)C)cc2CSC(C)(C)C)c1. The Labute approximate surface area is 196 Å². The number of ether oxygens (including phenoxy) is 2. The number of benzene rings is 2. The topological polar surface area (TPSA) is 67.8 Å². The lowest BCUT2D eigenvalue weighted by Gasteiger charge is -2.22. The fourth-order valence-corrected chi connectivity index (χ4v) is 3.72. The molecule has 2 rings (SSSR count). The normalized spacial score (nSPS) is 11.7. The van der Waals surface area contributed by atoms with Gasteiger partial charge in [-0.2, -0.15) is 11.8 Å². The second-order valence-corrected chi connectivity index (χ2v) is 11.6. The van der Waals surface area contributed by atoms with Crippen molar-refractivity contribution >= 4 is 17.7 Å². The molecule has 2 N–H and O–H groups in total. The number of hydrogen-bond donors (Lipinski definition) is 2. The number of hydrogen-bond acceptors (Lipinski definition) is 5. The number of rotatable bonds is 8. The molecule has 0 unspecified atom stereocenters.